The summed E-state index contributed by atoms with van der Waals surface area (Å²) < 4.78 is 8.62. The average Bonchev–Trinajstić information content (AvgIpc) is 3.14. The van der Waals surface area contributed by atoms with E-state index in [1.165, 1.54) is 0 Å². The summed E-state index contributed by atoms with van der Waals surface area (Å²) in [7, 11) is 2.04. The lowest BCUT2D eigenvalue weighted by atomic mass is 9.95. The molecular weight excluding hydrogens is 368 g/mol. The highest BCUT2D eigenvalue weighted by molar-refractivity contribution is 6.16. The van der Waals surface area contributed by atoms with Gasteiger partial charge in [0, 0.05) is 22.9 Å². The first-order chi connectivity index (χ1) is 14.6. The maximum atomic E-state index is 7.90. The number of benzene rings is 3. The molecule has 0 unspecified atom stereocenters. The number of pyridine rings is 1. The van der Waals surface area contributed by atoms with Crippen molar-refractivity contribution in [2.24, 2.45) is 7.05 Å². The lowest BCUT2D eigenvalue weighted by Crippen LogP contribution is -2.30. The van der Waals surface area contributed by atoms with Crippen LogP contribution in [0.15, 0.2) is 77.3 Å². The SMILES string of the molecule is [C-]#[N+]c1c(-c2ccccc2)ccc2c1oc1c(-c3cccc[n+]3C)c(C)cc(C)c12. The summed E-state index contributed by atoms with van der Waals surface area (Å²) in [5.74, 6) is 0. The van der Waals surface area contributed by atoms with Crippen LogP contribution in [0.1, 0.15) is 11.1 Å². The number of hydrogen-bond donors (Lipinski definition) is 0. The Morgan fingerprint density at radius 3 is 2.37 bits per heavy atom. The summed E-state index contributed by atoms with van der Waals surface area (Å²) in [6.07, 6.45) is 2.04. The van der Waals surface area contributed by atoms with Gasteiger partial charge in [-0.3, -0.25) is 0 Å². The van der Waals surface area contributed by atoms with Crippen LogP contribution in [0.5, 0.6) is 0 Å². The molecule has 0 spiro atoms. The highest BCUT2D eigenvalue weighted by atomic mass is 16.3. The monoisotopic (exact) mass is 389 g/mol. The number of fused-ring (bicyclic) bond motifs is 3. The minimum Gasteiger partial charge on any atom is -0.466 e. The van der Waals surface area contributed by atoms with Crippen molar-refractivity contribution in [2.45, 2.75) is 13.8 Å². The maximum absolute atomic E-state index is 7.90. The van der Waals surface area contributed by atoms with Gasteiger partial charge in [-0.25, -0.2) is 9.41 Å². The van der Waals surface area contributed by atoms with Crippen LogP contribution in [0.25, 0.3) is 49.2 Å². The summed E-state index contributed by atoms with van der Waals surface area (Å²) in [5, 5.41) is 2.08. The molecule has 5 aromatic rings. The van der Waals surface area contributed by atoms with Crippen molar-refractivity contribution < 1.29 is 8.98 Å². The van der Waals surface area contributed by atoms with Gasteiger partial charge in [0.1, 0.15) is 18.2 Å². The third-order valence-corrected chi connectivity index (χ3v) is 5.79. The fraction of sp³-hybridized carbons (Fsp3) is 0.111. The Morgan fingerprint density at radius 2 is 1.63 bits per heavy atom. The van der Waals surface area contributed by atoms with Crippen molar-refractivity contribution >= 4 is 27.6 Å². The van der Waals surface area contributed by atoms with Crippen LogP contribution >= 0.6 is 0 Å². The number of aryl methyl sites for hydroxylation is 3. The minimum atomic E-state index is 0.565. The molecule has 0 fully saturated rings. The Morgan fingerprint density at radius 1 is 0.867 bits per heavy atom. The lowest BCUT2D eigenvalue weighted by Gasteiger charge is -2.07. The van der Waals surface area contributed by atoms with Crippen LogP contribution < -0.4 is 4.57 Å². The van der Waals surface area contributed by atoms with Gasteiger partial charge in [0.05, 0.1) is 12.1 Å². The second-order valence-corrected chi connectivity index (χ2v) is 7.70. The van der Waals surface area contributed by atoms with E-state index in [0.717, 1.165) is 49.9 Å². The molecule has 0 saturated carbocycles. The highest BCUT2D eigenvalue weighted by Crippen LogP contribution is 2.45. The van der Waals surface area contributed by atoms with Crippen LogP contribution in [-0.4, -0.2) is 0 Å². The van der Waals surface area contributed by atoms with Gasteiger partial charge in [-0.05, 0) is 42.2 Å². The summed E-state index contributed by atoms with van der Waals surface area (Å²) in [6, 6.07) is 22.5. The maximum Gasteiger partial charge on any atom is 0.237 e. The van der Waals surface area contributed by atoms with E-state index in [9.17, 15) is 0 Å². The summed E-state index contributed by atoms with van der Waals surface area (Å²) >= 11 is 0. The first-order valence-electron chi connectivity index (χ1n) is 9.97. The largest absolute Gasteiger partial charge is 0.466 e. The molecule has 0 amide bonds. The number of furan rings is 1. The van der Waals surface area contributed by atoms with Gasteiger partial charge in [0.15, 0.2) is 6.20 Å². The zero-order chi connectivity index (χ0) is 20.8. The van der Waals surface area contributed by atoms with Crippen LogP contribution in [0.4, 0.5) is 5.69 Å². The molecule has 0 aliphatic heterocycles. The van der Waals surface area contributed by atoms with Crippen LogP contribution in [-0.2, 0) is 7.05 Å². The predicted octanol–water partition coefficient (Wildman–Crippen LogP) is 6.91. The van der Waals surface area contributed by atoms with Crippen molar-refractivity contribution in [1.82, 2.24) is 0 Å². The zero-order valence-electron chi connectivity index (χ0n) is 17.2. The second-order valence-electron chi connectivity index (χ2n) is 7.70. The van der Waals surface area contributed by atoms with Crippen molar-refractivity contribution in [3.05, 3.63) is 95.5 Å². The standard InChI is InChI=1S/C27H21N2O/c1-17-16-18(2)24(22-12-8-9-15-29(22)4)27-23(17)21-14-13-20(19-10-6-5-7-11-19)25(28-3)26(21)30-27/h5-16H,1-2,4H3/q+1. The van der Waals surface area contributed by atoms with Crippen molar-refractivity contribution in [1.29, 1.82) is 0 Å². The van der Waals surface area contributed by atoms with E-state index in [1.54, 1.807) is 0 Å². The molecule has 3 heteroatoms. The van der Waals surface area contributed by atoms with Gasteiger partial charge in [-0.1, -0.05) is 48.5 Å². The third kappa shape index (κ3) is 2.62. The minimum absolute atomic E-state index is 0.565. The van der Waals surface area contributed by atoms with Gasteiger partial charge >= 0.3 is 0 Å². The molecule has 0 bridgehead atoms. The Labute approximate surface area is 175 Å². The normalized spacial score (nSPS) is 11.1. The Bertz CT molecular complexity index is 1470. The van der Waals surface area contributed by atoms with Crippen LogP contribution in [0.2, 0.25) is 0 Å². The van der Waals surface area contributed by atoms with Gasteiger partial charge in [0.25, 0.3) is 0 Å². The smallest absolute Gasteiger partial charge is 0.237 e. The second kappa shape index (κ2) is 6.86. The van der Waals surface area contributed by atoms with Crippen molar-refractivity contribution in [3.8, 4) is 22.4 Å². The fourth-order valence-corrected chi connectivity index (χ4v) is 4.43. The predicted molar refractivity (Wildman–Crippen MR) is 122 cm³/mol. The van der Waals surface area contributed by atoms with E-state index in [2.05, 4.69) is 41.5 Å². The summed E-state index contributed by atoms with van der Waals surface area (Å²) in [5.41, 5.74) is 8.48. The Balaban J connectivity index is 1.92. The van der Waals surface area contributed by atoms with Gasteiger partial charge in [-0.15, -0.1) is 0 Å². The lowest BCUT2D eigenvalue weighted by molar-refractivity contribution is -0.660. The van der Waals surface area contributed by atoms with E-state index in [0.29, 0.717) is 11.3 Å². The molecule has 0 aliphatic carbocycles. The average molecular weight is 389 g/mol. The van der Waals surface area contributed by atoms with E-state index >= 15 is 0 Å². The fourth-order valence-electron chi connectivity index (χ4n) is 4.43. The Kier molecular flexibility index (Phi) is 4.15. The van der Waals surface area contributed by atoms with Crippen molar-refractivity contribution in [2.75, 3.05) is 0 Å². The molecule has 3 aromatic carbocycles. The van der Waals surface area contributed by atoms with E-state index in [-0.39, 0.29) is 0 Å². The third-order valence-electron chi connectivity index (χ3n) is 5.79. The van der Waals surface area contributed by atoms with E-state index in [1.807, 2.05) is 61.8 Å². The first-order valence-corrected chi connectivity index (χ1v) is 9.97. The van der Waals surface area contributed by atoms with Gasteiger partial charge in [-0.2, -0.15) is 0 Å². The molecular formula is C27H21N2O+. The molecule has 0 aliphatic rings. The zero-order valence-corrected chi connectivity index (χ0v) is 17.2. The topological polar surface area (TPSA) is 21.4 Å². The number of rotatable bonds is 2. The van der Waals surface area contributed by atoms with E-state index in [4.69, 9.17) is 11.0 Å². The van der Waals surface area contributed by atoms with Crippen molar-refractivity contribution in [3.63, 3.8) is 0 Å². The van der Waals surface area contributed by atoms with Gasteiger partial charge in [0.2, 0.25) is 11.4 Å². The summed E-state index contributed by atoms with van der Waals surface area (Å²) in [6.45, 7) is 12.1. The highest BCUT2D eigenvalue weighted by Gasteiger charge is 2.23. The van der Waals surface area contributed by atoms with Crippen LogP contribution in [0, 0.1) is 20.4 Å². The van der Waals surface area contributed by atoms with E-state index < -0.39 is 0 Å². The molecule has 0 atom stereocenters. The molecule has 2 aromatic heterocycles. The van der Waals surface area contributed by atoms with Gasteiger partial charge < -0.3 is 4.42 Å². The number of nitrogens with zero attached hydrogens (tertiary/aromatic N) is 2. The first kappa shape index (κ1) is 18.1. The summed E-state index contributed by atoms with van der Waals surface area (Å²) in [4.78, 5) is 3.89. The number of hydrogen-bond acceptors (Lipinski definition) is 1. The molecule has 0 N–H and O–H groups in total. The molecule has 3 nitrogen and oxygen atoms in total. The molecule has 0 radical (unpaired) electrons. The molecule has 5 rings (SSSR count). The number of aromatic nitrogens is 1. The van der Waals surface area contributed by atoms with Crippen LogP contribution in [0.3, 0.4) is 0 Å². The molecule has 144 valence electrons. The molecule has 2 heterocycles. The quantitative estimate of drug-likeness (QED) is 0.237. The molecule has 0 saturated heterocycles. The molecule has 30 heavy (non-hydrogen) atoms. The Hall–Kier alpha value is -3.90.